The first kappa shape index (κ1) is 16.1. The van der Waals surface area contributed by atoms with Gasteiger partial charge in [0.1, 0.15) is 0 Å². The second-order valence-corrected chi connectivity index (χ2v) is 6.14. The van der Waals surface area contributed by atoms with Crippen molar-refractivity contribution in [3.05, 3.63) is 68.2 Å². The molecule has 6 heteroatoms. The van der Waals surface area contributed by atoms with E-state index in [1.165, 1.54) is 4.57 Å². The largest absolute Gasteiger partial charge is 0.332 e. The van der Waals surface area contributed by atoms with Crippen molar-refractivity contribution >= 4 is 34.7 Å². The smallest absolute Gasteiger partial charge is 0.261 e. The maximum Gasteiger partial charge on any atom is 0.261 e. The van der Waals surface area contributed by atoms with Crippen molar-refractivity contribution in [2.75, 3.05) is 5.32 Å². The van der Waals surface area contributed by atoms with Crippen LogP contribution in [-0.2, 0) is 7.05 Å². The van der Waals surface area contributed by atoms with Gasteiger partial charge in [-0.1, -0.05) is 12.1 Å². The van der Waals surface area contributed by atoms with Gasteiger partial charge in [-0.05, 0) is 61.5 Å². The second-order valence-electron chi connectivity index (χ2n) is 5.76. The second kappa shape index (κ2) is 6.05. The van der Waals surface area contributed by atoms with E-state index in [2.05, 4.69) is 10.3 Å². The quantitative estimate of drug-likeness (QED) is 0.703. The number of carbonyl (C=O) groups excluding carboxylic acids is 1. The van der Waals surface area contributed by atoms with Gasteiger partial charge in [0, 0.05) is 18.3 Å². The molecule has 24 heavy (non-hydrogen) atoms. The molecular formula is C18H17N3O2S. The topological polar surface area (TPSA) is 66.9 Å². The first-order valence-corrected chi connectivity index (χ1v) is 7.90. The van der Waals surface area contributed by atoms with Gasteiger partial charge in [-0.15, -0.1) is 0 Å². The summed E-state index contributed by atoms with van der Waals surface area (Å²) in [5.41, 5.74) is 3.74. The number of nitrogens with one attached hydrogen (secondary N) is 2. The monoisotopic (exact) mass is 339 g/mol. The number of nitrogens with zero attached hydrogens (tertiary/aromatic N) is 1. The lowest BCUT2D eigenvalue weighted by Gasteiger charge is -2.11. The Morgan fingerprint density at radius 2 is 1.96 bits per heavy atom. The van der Waals surface area contributed by atoms with E-state index in [0.29, 0.717) is 21.2 Å². The van der Waals surface area contributed by atoms with Crippen molar-refractivity contribution in [2.24, 2.45) is 7.05 Å². The number of hydrogen-bond acceptors (Lipinski definition) is 3. The molecule has 0 fully saturated rings. The number of hydrogen-bond donors (Lipinski definition) is 2. The van der Waals surface area contributed by atoms with Crippen LogP contribution in [0.4, 0.5) is 5.69 Å². The zero-order valence-corrected chi connectivity index (χ0v) is 14.5. The molecule has 0 unspecified atom stereocenters. The zero-order valence-electron chi connectivity index (χ0n) is 13.6. The molecule has 2 aromatic carbocycles. The summed E-state index contributed by atoms with van der Waals surface area (Å²) >= 11 is 5.12. The number of aromatic amines is 1. The molecule has 0 spiro atoms. The Bertz CT molecular complexity index is 1080. The van der Waals surface area contributed by atoms with E-state index >= 15 is 0 Å². The molecule has 1 aromatic heterocycles. The fraction of sp³-hybridized carbons (Fsp3) is 0.167. The van der Waals surface area contributed by atoms with Gasteiger partial charge in [-0.2, -0.15) is 0 Å². The predicted molar refractivity (Wildman–Crippen MR) is 98.2 cm³/mol. The van der Waals surface area contributed by atoms with Gasteiger partial charge in [0.05, 0.1) is 10.9 Å². The summed E-state index contributed by atoms with van der Waals surface area (Å²) in [4.78, 5) is 27.7. The van der Waals surface area contributed by atoms with Crippen LogP contribution in [0.2, 0.25) is 0 Å². The molecule has 0 aliphatic rings. The molecule has 0 saturated carbocycles. The summed E-state index contributed by atoms with van der Waals surface area (Å²) < 4.78 is 1.69. The van der Waals surface area contributed by atoms with Crippen LogP contribution in [0.3, 0.4) is 0 Å². The lowest BCUT2D eigenvalue weighted by molar-refractivity contribution is 0.102. The summed E-state index contributed by atoms with van der Waals surface area (Å²) in [6.45, 7) is 3.96. The highest BCUT2D eigenvalue weighted by molar-refractivity contribution is 7.71. The third-order valence-corrected chi connectivity index (χ3v) is 4.59. The fourth-order valence-corrected chi connectivity index (χ4v) is 2.72. The highest BCUT2D eigenvalue weighted by Gasteiger charge is 2.11. The van der Waals surface area contributed by atoms with Gasteiger partial charge in [0.25, 0.3) is 11.5 Å². The molecule has 0 aliphatic heterocycles. The molecular weight excluding hydrogens is 322 g/mol. The van der Waals surface area contributed by atoms with Crippen molar-refractivity contribution < 1.29 is 4.79 Å². The maximum atomic E-state index is 12.5. The number of amides is 1. The molecule has 5 nitrogen and oxygen atoms in total. The fourth-order valence-electron chi connectivity index (χ4n) is 2.53. The number of fused-ring (bicyclic) bond motifs is 1. The van der Waals surface area contributed by atoms with E-state index in [-0.39, 0.29) is 11.5 Å². The minimum atomic E-state index is -0.231. The van der Waals surface area contributed by atoms with E-state index < -0.39 is 0 Å². The van der Waals surface area contributed by atoms with Crippen LogP contribution >= 0.6 is 12.2 Å². The molecule has 0 atom stereocenters. The Balaban J connectivity index is 2.02. The Hall–Kier alpha value is -2.73. The predicted octanol–water partition coefficient (Wildman–Crippen LogP) is 3.47. The highest BCUT2D eigenvalue weighted by Crippen LogP contribution is 2.19. The molecule has 2 N–H and O–H groups in total. The summed E-state index contributed by atoms with van der Waals surface area (Å²) in [5, 5.41) is 3.41. The van der Waals surface area contributed by atoms with Crippen molar-refractivity contribution in [2.45, 2.75) is 13.8 Å². The van der Waals surface area contributed by atoms with Gasteiger partial charge in [0.2, 0.25) is 0 Å². The Kier molecular flexibility index (Phi) is 4.07. The molecule has 122 valence electrons. The van der Waals surface area contributed by atoms with Gasteiger partial charge in [-0.3, -0.25) is 14.2 Å². The standard InChI is InChI=1S/C18H17N3O2S/c1-10-5-4-6-14(11(10)2)19-16(22)12-7-8-13-15(9-12)20-18(24)21(3)17(13)23/h4-9H,1-3H3,(H,19,22)(H,20,24). The number of benzene rings is 2. The number of rotatable bonds is 2. The number of aryl methyl sites for hydroxylation is 1. The van der Waals surface area contributed by atoms with Crippen molar-refractivity contribution in [3.8, 4) is 0 Å². The number of H-pyrrole nitrogens is 1. The van der Waals surface area contributed by atoms with Crippen LogP contribution in [0.1, 0.15) is 21.5 Å². The van der Waals surface area contributed by atoms with E-state index in [1.54, 1.807) is 25.2 Å². The number of aromatic nitrogens is 2. The van der Waals surface area contributed by atoms with Crippen LogP contribution in [0.15, 0.2) is 41.2 Å². The zero-order chi connectivity index (χ0) is 17.4. The Morgan fingerprint density at radius 1 is 1.21 bits per heavy atom. The number of carbonyl (C=O) groups is 1. The Labute approximate surface area is 144 Å². The third kappa shape index (κ3) is 2.76. The van der Waals surface area contributed by atoms with Crippen LogP contribution in [-0.4, -0.2) is 15.5 Å². The third-order valence-electron chi connectivity index (χ3n) is 4.22. The minimum Gasteiger partial charge on any atom is -0.332 e. The molecule has 1 amide bonds. The Morgan fingerprint density at radius 3 is 2.71 bits per heavy atom. The molecule has 0 radical (unpaired) electrons. The lowest BCUT2D eigenvalue weighted by atomic mass is 10.1. The van der Waals surface area contributed by atoms with Gasteiger partial charge < -0.3 is 10.3 Å². The number of anilines is 1. The van der Waals surface area contributed by atoms with Crippen LogP contribution < -0.4 is 10.9 Å². The highest BCUT2D eigenvalue weighted by atomic mass is 32.1. The van der Waals surface area contributed by atoms with E-state index in [0.717, 1.165) is 16.8 Å². The average Bonchev–Trinajstić information content (AvgIpc) is 2.56. The summed E-state index contributed by atoms with van der Waals surface area (Å²) in [5.74, 6) is -0.231. The van der Waals surface area contributed by atoms with E-state index in [9.17, 15) is 9.59 Å². The van der Waals surface area contributed by atoms with Crippen molar-refractivity contribution in [3.63, 3.8) is 0 Å². The normalized spacial score (nSPS) is 10.8. The molecule has 0 aliphatic carbocycles. The maximum absolute atomic E-state index is 12.5. The molecule has 3 aromatic rings. The van der Waals surface area contributed by atoms with Crippen LogP contribution in [0, 0.1) is 18.6 Å². The molecule has 1 heterocycles. The first-order valence-electron chi connectivity index (χ1n) is 7.49. The van der Waals surface area contributed by atoms with Gasteiger partial charge in [0.15, 0.2) is 4.77 Å². The average molecular weight is 339 g/mol. The van der Waals surface area contributed by atoms with Gasteiger partial charge in [-0.25, -0.2) is 0 Å². The van der Waals surface area contributed by atoms with Gasteiger partial charge >= 0.3 is 0 Å². The van der Waals surface area contributed by atoms with E-state index in [4.69, 9.17) is 12.2 Å². The SMILES string of the molecule is Cc1cccc(NC(=O)c2ccc3c(=O)n(C)c(=S)[nH]c3c2)c1C. The molecule has 0 bridgehead atoms. The van der Waals surface area contributed by atoms with Crippen molar-refractivity contribution in [1.29, 1.82) is 0 Å². The summed E-state index contributed by atoms with van der Waals surface area (Å²) in [6.07, 6.45) is 0. The first-order chi connectivity index (χ1) is 11.4. The van der Waals surface area contributed by atoms with Crippen molar-refractivity contribution in [1.82, 2.24) is 9.55 Å². The molecule has 3 rings (SSSR count). The van der Waals surface area contributed by atoms with E-state index in [1.807, 2.05) is 32.0 Å². The summed E-state index contributed by atoms with van der Waals surface area (Å²) in [7, 11) is 1.61. The lowest BCUT2D eigenvalue weighted by Crippen LogP contribution is -2.19. The van der Waals surface area contributed by atoms with Crippen LogP contribution in [0.25, 0.3) is 10.9 Å². The minimum absolute atomic E-state index is 0.185. The van der Waals surface area contributed by atoms with Crippen LogP contribution in [0.5, 0.6) is 0 Å². The summed E-state index contributed by atoms with van der Waals surface area (Å²) in [6, 6.07) is 10.7. The molecule has 0 saturated heterocycles.